The van der Waals surface area contributed by atoms with Gasteiger partial charge >= 0.3 is 0 Å². The van der Waals surface area contributed by atoms with Crippen LogP contribution in [0, 0.1) is 0 Å². The molecule has 1 aliphatic heterocycles. The minimum atomic E-state index is -0.249. The molecule has 22 heavy (non-hydrogen) atoms. The minimum absolute atomic E-state index is 0.238. The number of benzene rings is 1. The average Bonchev–Trinajstić information content (AvgIpc) is 3.07. The van der Waals surface area contributed by atoms with Crippen molar-refractivity contribution in [2.75, 3.05) is 10.7 Å². The highest BCUT2D eigenvalue weighted by Crippen LogP contribution is 2.39. The van der Waals surface area contributed by atoms with Gasteiger partial charge in [0.25, 0.3) is 11.8 Å². The van der Waals surface area contributed by atoms with Crippen molar-refractivity contribution in [3.8, 4) is 0 Å². The molecule has 112 valence electrons. The Morgan fingerprint density at radius 1 is 1.18 bits per heavy atom. The van der Waals surface area contributed by atoms with Crippen molar-refractivity contribution in [2.24, 2.45) is 0 Å². The number of imide groups is 1. The van der Waals surface area contributed by atoms with Crippen molar-refractivity contribution in [3.63, 3.8) is 0 Å². The average molecular weight is 394 g/mol. The lowest BCUT2D eigenvalue weighted by Gasteiger charge is -2.15. The smallest absolute Gasteiger partial charge is 0.268 e. The second-order valence-corrected chi connectivity index (χ2v) is 7.68. The Balaban J connectivity index is 2.08. The number of amides is 2. The van der Waals surface area contributed by atoms with Gasteiger partial charge in [-0.1, -0.05) is 35.0 Å². The molecule has 0 saturated carbocycles. The van der Waals surface area contributed by atoms with Crippen LogP contribution in [0.3, 0.4) is 0 Å². The van der Waals surface area contributed by atoms with Crippen molar-refractivity contribution in [1.82, 2.24) is 0 Å². The predicted octanol–water partition coefficient (Wildman–Crippen LogP) is 4.55. The van der Waals surface area contributed by atoms with Gasteiger partial charge < -0.3 is 0 Å². The van der Waals surface area contributed by atoms with Gasteiger partial charge in [0.1, 0.15) is 0 Å². The van der Waals surface area contributed by atoms with Crippen LogP contribution in [0.25, 0.3) is 5.57 Å². The molecule has 2 heterocycles. The summed E-state index contributed by atoms with van der Waals surface area (Å²) in [6.45, 7) is 1.98. The van der Waals surface area contributed by atoms with E-state index in [0.29, 0.717) is 16.2 Å². The number of halogens is 1. The Bertz CT molecular complexity index is 768. The minimum Gasteiger partial charge on any atom is -0.268 e. The van der Waals surface area contributed by atoms with Crippen LogP contribution in [0.1, 0.15) is 11.8 Å². The second kappa shape index (κ2) is 6.40. The Morgan fingerprint density at radius 3 is 2.64 bits per heavy atom. The van der Waals surface area contributed by atoms with Crippen molar-refractivity contribution in [2.45, 2.75) is 6.92 Å². The van der Waals surface area contributed by atoms with Gasteiger partial charge in [-0.25, -0.2) is 4.90 Å². The van der Waals surface area contributed by atoms with Crippen molar-refractivity contribution in [1.29, 1.82) is 0 Å². The van der Waals surface area contributed by atoms with Crippen molar-refractivity contribution in [3.05, 3.63) is 56.0 Å². The molecule has 0 fully saturated rings. The summed E-state index contributed by atoms with van der Waals surface area (Å²) < 4.78 is 0.833. The first kappa shape index (κ1) is 15.5. The molecule has 1 aliphatic rings. The zero-order valence-electron chi connectivity index (χ0n) is 11.7. The molecular weight excluding hydrogens is 382 g/mol. The van der Waals surface area contributed by atoms with Gasteiger partial charge in [0.15, 0.2) is 0 Å². The topological polar surface area (TPSA) is 37.4 Å². The monoisotopic (exact) mass is 393 g/mol. The number of anilines is 1. The summed E-state index contributed by atoms with van der Waals surface area (Å²) in [4.78, 5) is 28.2. The lowest BCUT2D eigenvalue weighted by atomic mass is 10.2. The lowest BCUT2D eigenvalue weighted by molar-refractivity contribution is -0.119. The summed E-state index contributed by atoms with van der Waals surface area (Å²) in [7, 11) is 0. The first-order valence-corrected chi connectivity index (χ1v) is 9.34. The van der Waals surface area contributed by atoms with E-state index in [-0.39, 0.29) is 11.8 Å². The van der Waals surface area contributed by atoms with E-state index >= 15 is 0 Å². The van der Waals surface area contributed by atoms with Gasteiger partial charge in [-0.05, 0) is 35.4 Å². The van der Waals surface area contributed by atoms with Gasteiger partial charge in [-0.2, -0.15) is 0 Å². The van der Waals surface area contributed by atoms with Gasteiger partial charge in [0, 0.05) is 9.35 Å². The van der Waals surface area contributed by atoms with Gasteiger partial charge in [0.05, 0.1) is 16.2 Å². The maximum atomic E-state index is 12.8. The molecule has 3 rings (SSSR count). The summed E-state index contributed by atoms with van der Waals surface area (Å²) in [5.41, 5.74) is 1.11. The quantitative estimate of drug-likeness (QED) is 0.715. The molecule has 0 radical (unpaired) electrons. The van der Waals surface area contributed by atoms with Crippen LogP contribution in [-0.4, -0.2) is 17.6 Å². The fourth-order valence-corrected chi connectivity index (χ4v) is 4.34. The van der Waals surface area contributed by atoms with Crippen LogP contribution >= 0.6 is 39.0 Å². The Hall–Kier alpha value is -1.37. The van der Waals surface area contributed by atoms with E-state index in [1.165, 1.54) is 28.0 Å². The molecular formula is C16H12BrNO2S2. The first-order chi connectivity index (χ1) is 10.6. The Labute approximate surface area is 145 Å². The highest BCUT2D eigenvalue weighted by Gasteiger charge is 2.40. The number of carbonyl (C=O) groups is 2. The van der Waals surface area contributed by atoms with Crippen LogP contribution in [0.5, 0.6) is 0 Å². The molecule has 0 saturated heterocycles. The Morgan fingerprint density at radius 2 is 2.00 bits per heavy atom. The molecule has 0 unspecified atom stereocenters. The second-order valence-electron chi connectivity index (χ2n) is 4.54. The molecule has 0 N–H and O–H groups in total. The summed E-state index contributed by atoms with van der Waals surface area (Å²) in [6, 6.07) is 11.0. The third-order valence-electron chi connectivity index (χ3n) is 3.16. The van der Waals surface area contributed by atoms with E-state index < -0.39 is 0 Å². The largest absolute Gasteiger partial charge is 0.272 e. The third kappa shape index (κ3) is 2.66. The van der Waals surface area contributed by atoms with E-state index in [0.717, 1.165) is 15.1 Å². The van der Waals surface area contributed by atoms with E-state index in [9.17, 15) is 9.59 Å². The highest BCUT2D eigenvalue weighted by molar-refractivity contribution is 9.10. The predicted molar refractivity (Wildman–Crippen MR) is 96.0 cm³/mol. The van der Waals surface area contributed by atoms with Crippen LogP contribution in [0.4, 0.5) is 5.69 Å². The molecule has 0 aliphatic carbocycles. The highest BCUT2D eigenvalue weighted by atomic mass is 79.9. The number of carbonyl (C=O) groups excluding carboxylic acids is 2. The molecule has 1 aromatic carbocycles. The summed E-state index contributed by atoms with van der Waals surface area (Å²) in [6.07, 6.45) is 0. The summed E-state index contributed by atoms with van der Waals surface area (Å²) in [5.74, 6) is 0.259. The van der Waals surface area contributed by atoms with Gasteiger partial charge in [0.2, 0.25) is 0 Å². The molecule has 2 aromatic rings. The molecule has 1 aromatic heterocycles. The zero-order valence-corrected chi connectivity index (χ0v) is 14.9. The van der Waals surface area contributed by atoms with Crippen molar-refractivity contribution >= 4 is 62.1 Å². The maximum Gasteiger partial charge on any atom is 0.272 e. The van der Waals surface area contributed by atoms with E-state index in [1.54, 1.807) is 12.1 Å². The van der Waals surface area contributed by atoms with Crippen LogP contribution in [-0.2, 0) is 9.59 Å². The molecule has 0 atom stereocenters. The van der Waals surface area contributed by atoms with Crippen LogP contribution in [0.15, 0.2) is 51.2 Å². The molecule has 0 bridgehead atoms. The van der Waals surface area contributed by atoms with Gasteiger partial charge in [-0.15, -0.1) is 23.1 Å². The molecule has 3 nitrogen and oxygen atoms in total. The number of nitrogens with zero attached hydrogens (tertiary/aromatic N) is 1. The van der Waals surface area contributed by atoms with Crippen molar-refractivity contribution < 1.29 is 9.59 Å². The van der Waals surface area contributed by atoms with Gasteiger partial charge in [-0.3, -0.25) is 9.59 Å². The lowest BCUT2D eigenvalue weighted by Crippen LogP contribution is -2.31. The summed E-state index contributed by atoms with van der Waals surface area (Å²) in [5, 5.41) is 1.91. The molecule has 6 heteroatoms. The first-order valence-electron chi connectivity index (χ1n) is 6.68. The van der Waals surface area contributed by atoms with E-state index in [4.69, 9.17) is 0 Å². The van der Waals surface area contributed by atoms with Crippen LogP contribution < -0.4 is 4.90 Å². The van der Waals surface area contributed by atoms with E-state index in [2.05, 4.69) is 15.9 Å². The third-order valence-corrected chi connectivity index (χ3v) is 5.50. The SMILES string of the molecule is CCSC1=C(c2cccs2)C(=O)N(c2cccc(Br)c2)C1=O. The number of rotatable bonds is 4. The van der Waals surface area contributed by atoms with Crippen LogP contribution in [0.2, 0.25) is 0 Å². The maximum absolute atomic E-state index is 12.8. The number of hydrogen-bond acceptors (Lipinski definition) is 4. The number of thioether (sulfide) groups is 1. The molecule has 2 amide bonds. The Kier molecular flexibility index (Phi) is 4.52. The van der Waals surface area contributed by atoms with E-state index in [1.807, 2.05) is 36.6 Å². The standard InChI is InChI=1S/C16H12BrNO2S2/c1-2-21-14-13(12-7-4-8-22-12)15(19)18(16(14)20)11-6-3-5-10(17)9-11/h3-9H,2H2,1H3. The fraction of sp³-hybridized carbons (Fsp3) is 0.125. The zero-order chi connectivity index (χ0) is 15.7. The number of hydrogen-bond donors (Lipinski definition) is 0. The molecule has 0 spiro atoms. The summed E-state index contributed by atoms with van der Waals surface area (Å²) >= 11 is 6.28. The fourth-order valence-electron chi connectivity index (χ4n) is 2.28. The number of thiophene rings is 1. The normalized spacial score (nSPS) is 15.1.